The van der Waals surface area contributed by atoms with Gasteiger partial charge in [-0.2, -0.15) is 0 Å². The molecule has 0 unspecified atom stereocenters. The molecular weight excluding hydrogens is 304 g/mol. The van der Waals surface area contributed by atoms with Gasteiger partial charge in [0.1, 0.15) is 6.10 Å². The van der Waals surface area contributed by atoms with Gasteiger partial charge in [-0.3, -0.25) is 4.79 Å². The lowest BCUT2D eigenvalue weighted by Crippen LogP contribution is -2.53. The average Bonchev–Trinajstić information content (AvgIpc) is 2.43. The molecule has 4 nitrogen and oxygen atoms in total. The second kappa shape index (κ2) is 6.54. The minimum atomic E-state index is -1.31. The van der Waals surface area contributed by atoms with E-state index in [0.717, 1.165) is 24.8 Å². The number of hydrogen-bond acceptors (Lipinski definition) is 4. The van der Waals surface area contributed by atoms with Crippen LogP contribution in [0.4, 0.5) is 0 Å². The summed E-state index contributed by atoms with van der Waals surface area (Å²) >= 11 is 0. The zero-order valence-corrected chi connectivity index (χ0v) is 15.8. The van der Waals surface area contributed by atoms with Crippen LogP contribution in [0.5, 0.6) is 0 Å². The second-order valence-corrected chi connectivity index (χ2v) is 9.22. The maximum absolute atomic E-state index is 12.8. The quantitative estimate of drug-likeness (QED) is 0.720. The molecule has 1 fully saturated rings. The molecule has 2 rings (SSSR count). The second-order valence-electron chi connectivity index (χ2n) is 9.22. The Morgan fingerprint density at radius 3 is 2.54 bits per heavy atom. The van der Waals surface area contributed by atoms with Crippen LogP contribution in [0.15, 0.2) is 11.6 Å². The monoisotopic (exact) mass is 338 g/mol. The summed E-state index contributed by atoms with van der Waals surface area (Å²) in [5.41, 5.74) is -0.331. The van der Waals surface area contributed by atoms with E-state index in [1.54, 1.807) is 13.0 Å². The van der Waals surface area contributed by atoms with Crippen molar-refractivity contribution in [3.8, 4) is 0 Å². The summed E-state index contributed by atoms with van der Waals surface area (Å²) in [7, 11) is 0. The van der Waals surface area contributed by atoms with Crippen molar-refractivity contribution in [1.82, 2.24) is 0 Å². The van der Waals surface area contributed by atoms with Crippen LogP contribution in [0.25, 0.3) is 0 Å². The van der Waals surface area contributed by atoms with Crippen molar-refractivity contribution >= 4 is 5.78 Å². The molecule has 4 heteroatoms. The number of aliphatic hydroxyl groups excluding tert-OH is 2. The van der Waals surface area contributed by atoms with Gasteiger partial charge in [0, 0.05) is 5.92 Å². The molecule has 0 saturated heterocycles. The molecule has 0 bridgehead atoms. The Kier molecular flexibility index (Phi) is 5.35. The number of carbonyl (C=O) groups is 1. The van der Waals surface area contributed by atoms with Crippen LogP contribution in [0, 0.1) is 22.7 Å². The van der Waals surface area contributed by atoms with Gasteiger partial charge in [-0.1, -0.05) is 32.8 Å². The fourth-order valence-electron chi connectivity index (χ4n) is 5.48. The minimum Gasteiger partial charge on any atom is -0.394 e. The van der Waals surface area contributed by atoms with Crippen LogP contribution in [-0.2, 0) is 4.79 Å². The highest BCUT2D eigenvalue weighted by Crippen LogP contribution is 2.59. The van der Waals surface area contributed by atoms with Crippen molar-refractivity contribution in [2.75, 3.05) is 6.61 Å². The van der Waals surface area contributed by atoms with Gasteiger partial charge < -0.3 is 15.3 Å². The van der Waals surface area contributed by atoms with E-state index in [9.17, 15) is 15.0 Å². The number of hydrogen-bond donors (Lipinski definition) is 3. The van der Waals surface area contributed by atoms with E-state index in [1.807, 2.05) is 6.92 Å². The van der Waals surface area contributed by atoms with Gasteiger partial charge in [-0.25, -0.2) is 0 Å². The van der Waals surface area contributed by atoms with E-state index in [0.29, 0.717) is 12.8 Å². The molecule has 0 amide bonds. The summed E-state index contributed by atoms with van der Waals surface area (Å²) in [5, 5.41) is 29.4. The maximum atomic E-state index is 12.8. The number of allylic oxidation sites excluding steroid dienone is 2. The molecule has 138 valence electrons. The summed E-state index contributed by atoms with van der Waals surface area (Å²) in [6, 6.07) is 0. The fraction of sp³-hybridized carbons (Fsp3) is 0.850. The molecule has 2 aliphatic rings. The van der Waals surface area contributed by atoms with Crippen molar-refractivity contribution in [3.63, 3.8) is 0 Å². The summed E-state index contributed by atoms with van der Waals surface area (Å²) < 4.78 is 0. The molecular formula is C20H34O4. The van der Waals surface area contributed by atoms with E-state index in [-0.39, 0.29) is 28.4 Å². The molecule has 3 N–H and O–H groups in total. The number of carbonyl (C=O) groups excluding carboxylic acids is 1. The van der Waals surface area contributed by atoms with Gasteiger partial charge in [0.25, 0.3) is 0 Å². The van der Waals surface area contributed by atoms with E-state index in [2.05, 4.69) is 20.8 Å². The molecule has 5 atom stereocenters. The van der Waals surface area contributed by atoms with E-state index in [4.69, 9.17) is 5.11 Å². The Bertz CT molecular complexity index is 520. The first-order valence-electron chi connectivity index (χ1n) is 9.19. The Labute approximate surface area is 146 Å². The van der Waals surface area contributed by atoms with Crippen LogP contribution in [-0.4, -0.2) is 39.4 Å². The predicted octanol–water partition coefficient (Wildman–Crippen LogP) is 2.85. The highest BCUT2D eigenvalue weighted by Gasteiger charge is 2.55. The normalized spacial score (nSPS) is 36.5. The van der Waals surface area contributed by atoms with Gasteiger partial charge >= 0.3 is 0 Å². The standard InChI is InChI=1S/C20H34O4/c1-13-11-15(22)17-18(2,3)8-6-9-19(17,4)14(13)7-10-20(5,24)16(23)12-21/h11,14,16-17,21,23-24H,6-10,12H2,1-5H3/t14-,16-,17-,19+,20-/m0/s1. The summed E-state index contributed by atoms with van der Waals surface area (Å²) in [6.45, 7) is 9.77. The fourth-order valence-corrected chi connectivity index (χ4v) is 5.48. The molecule has 0 radical (unpaired) electrons. The van der Waals surface area contributed by atoms with E-state index < -0.39 is 18.3 Å². The van der Waals surface area contributed by atoms with Crippen molar-refractivity contribution in [2.24, 2.45) is 22.7 Å². The topological polar surface area (TPSA) is 77.8 Å². The van der Waals surface area contributed by atoms with Crippen LogP contribution >= 0.6 is 0 Å². The predicted molar refractivity (Wildman–Crippen MR) is 94.4 cm³/mol. The van der Waals surface area contributed by atoms with Crippen LogP contribution in [0.1, 0.15) is 66.7 Å². The highest BCUT2D eigenvalue weighted by molar-refractivity contribution is 5.94. The lowest BCUT2D eigenvalue weighted by atomic mass is 9.47. The number of rotatable bonds is 5. The van der Waals surface area contributed by atoms with Crippen molar-refractivity contribution < 1.29 is 20.1 Å². The average molecular weight is 338 g/mol. The number of ketones is 1. The van der Waals surface area contributed by atoms with Gasteiger partial charge in [0.15, 0.2) is 5.78 Å². The van der Waals surface area contributed by atoms with Crippen LogP contribution in [0.2, 0.25) is 0 Å². The highest BCUT2D eigenvalue weighted by atomic mass is 16.4. The molecule has 1 saturated carbocycles. The maximum Gasteiger partial charge on any atom is 0.159 e. The first kappa shape index (κ1) is 19.6. The largest absolute Gasteiger partial charge is 0.394 e. The first-order chi connectivity index (χ1) is 11.0. The van der Waals surface area contributed by atoms with E-state index in [1.165, 1.54) is 0 Å². The smallest absolute Gasteiger partial charge is 0.159 e. The molecule has 24 heavy (non-hydrogen) atoms. The molecule has 0 aliphatic heterocycles. The lowest BCUT2D eigenvalue weighted by molar-refractivity contribution is -0.137. The Balaban J connectivity index is 2.28. The zero-order chi connectivity index (χ0) is 18.3. The zero-order valence-electron chi connectivity index (χ0n) is 15.8. The van der Waals surface area contributed by atoms with Crippen LogP contribution in [0.3, 0.4) is 0 Å². The van der Waals surface area contributed by atoms with E-state index >= 15 is 0 Å². The molecule has 0 spiro atoms. The third kappa shape index (κ3) is 3.33. The summed E-state index contributed by atoms with van der Waals surface area (Å²) in [4.78, 5) is 12.8. The van der Waals surface area contributed by atoms with Gasteiger partial charge in [-0.15, -0.1) is 0 Å². The third-order valence-corrected chi connectivity index (χ3v) is 6.81. The van der Waals surface area contributed by atoms with Crippen molar-refractivity contribution in [1.29, 1.82) is 0 Å². The molecule has 0 heterocycles. The summed E-state index contributed by atoms with van der Waals surface area (Å²) in [5.74, 6) is 0.482. The summed E-state index contributed by atoms with van der Waals surface area (Å²) in [6.07, 6.45) is 4.99. The lowest BCUT2D eigenvalue weighted by Gasteiger charge is -2.56. The first-order valence-corrected chi connectivity index (χ1v) is 9.19. The number of aliphatic hydroxyl groups is 3. The molecule has 2 aliphatic carbocycles. The van der Waals surface area contributed by atoms with Crippen molar-refractivity contribution in [2.45, 2.75) is 78.4 Å². The Morgan fingerprint density at radius 1 is 1.33 bits per heavy atom. The van der Waals surface area contributed by atoms with Gasteiger partial charge in [0.05, 0.1) is 12.2 Å². The third-order valence-electron chi connectivity index (χ3n) is 6.81. The molecule has 0 aromatic carbocycles. The van der Waals surface area contributed by atoms with Crippen molar-refractivity contribution in [3.05, 3.63) is 11.6 Å². The Morgan fingerprint density at radius 2 is 1.96 bits per heavy atom. The molecule has 0 aromatic rings. The van der Waals surface area contributed by atoms with Gasteiger partial charge in [0.2, 0.25) is 0 Å². The number of fused-ring (bicyclic) bond motifs is 1. The van der Waals surface area contributed by atoms with Crippen LogP contribution < -0.4 is 0 Å². The Hall–Kier alpha value is -0.710. The molecule has 0 aromatic heterocycles. The SMILES string of the molecule is CC1=CC(=O)[C@H]2C(C)(C)CCC[C@]2(C)[C@H]1CC[C@](C)(O)[C@@H](O)CO. The minimum absolute atomic E-state index is 0.00728. The van der Waals surface area contributed by atoms with Gasteiger partial charge in [-0.05, 0) is 62.4 Å².